The van der Waals surface area contributed by atoms with Crippen molar-refractivity contribution in [1.82, 2.24) is 0 Å². The average Bonchev–Trinajstić information content (AvgIpc) is 2.40. The van der Waals surface area contributed by atoms with Gasteiger partial charge in [0, 0.05) is 4.47 Å². The number of aldehydes is 1. The van der Waals surface area contributed by atoms with Gasteiger partial charge in [-0.05, 0) is 42.3 Å². The molecular formula is C15H13BrO2. The van der Waals surface area contributed by atoms with Gasteiger partial charge in [-0.1, -0.05) is 35.0 Å². The minimum atomic E-state index is 0.540. The zero-order valence-electron chi connectivity index (χ0n) is 10.0. The van der Waals surface area contributed by atoms with Crippen LogP contribution in [0.25, 0.3) is 0 Å². The van der Waals surface area contributed by atoms with Crippen molar-refractivity contribution >= 4 is 22.2 Å². The fourth-order valence-electron chi connectivity index (χ4n) is 1.61. The van der Waals surface area contributed by atoms with Crippen LogP contribution in [0.3, 0.4) is 0 Å². The first-order valence-electron chi connectivity index (χ1n) is 5.74. The number of carbonyl (C=O) groups excluding carboxylic acids is 1. The van der Waals surface area contributed by atoms with Gasteiger partial charge < -0.3 is 4.74 Å². The molecule has 0 unspecified atom stereocenters. The molecule has 18 heavy (non-hydrogen) atoms. The highest BCUT2D eigenvalue weighted by molar-refractivity contribution is 9.10. The van der Waals surface area contributed by atoms with Crippen LogP contribution in [0.4, 0.5) is 0 Å². The van der Waals surface area contributed by atoms with Crippen LogP contribution in [0, 0.1) is 0 Å². The first kappa shape index (κ1) is 12.8. The predicted octanol–water partition coefficient (Wildman–Crippen LogP) is 4.62. The molecule has 3 heteroatoms. The molecule has 0 atom stereocenters. The molecule has 0 bridgehead atoms. The average molecular weight is 305 g/mol. The van der Waals surface area contributed by atoms with Gasteiger partial charge in [0.2, 0.25) is 0 Å². The molecule has 0 aliphatic rings. The molecule has 0 spiro atoms. The third-order valence-corrected chi connectivity index (χ3v) is 3.16. The molecule has 0 radical (unpaired) electrons. The zero-order valence-corrected chi connectivity index (χ0v) is 11.6. The van der Waals surface area contributed by atoms with E-state index in [4.69, 9.17) is 4.74 Å². The van der Waals surface area contributed by atoms with Crippen LogP contribution in [-0.4, -0.2) is 6.29 Å². The Hall–Kier alpha value is -1.61. The van der Waals surface area contributed by atoms with Crippen molar-refractivity contribution in [2.24, 2.45) is 0 Å². The smallest absolute Gasteiger partial charge is 0.153 e. The Kier molecular flexibility index (Phi) is 4.15. The second-order valence-corrected chi connectivity index (χ2v) is 4.82. The summed E-state index contributed by atoms with van der Waals surface area (Å²) < 4.78 is 6.60. The normalized spacial score (nSPS) is 10.1. The Bertz CT molecular complexity index is 547. The molecule has 2 aromatic rings. The number of halogens is 1. The van der Waals surface area contributed by atoms with Crippen LogP contribution in [0.15, 0.2) is 46.9 Å². The summed E-state index contributed by atoms with van der Waals surface area (Å²) in [6, 6.07) is 13.2. The molecule has 2 aromatic carbocycles. The molecule has 0 N–H and O–H groups in total. The minimum Gasteiger partial charge on any atom is -0.457 e. The van der Waals surface area contributed by atoms with Gasteiger partial charge in [-0.3, -0.25) is 4.79 Å². The number of benzene rings is 2. The Morgan fingerprint density at radius 3 is 2.50 bits per heavy atom. The Balaban J connectivity index is 2.27. The van der Waals surface area contributed by atoms with E-state index in [-0.39, 0.29) is 0 Å². The highest BCUT2D eigenvalue weighted by Crippen LogP contribution is 2.27. The molecule has 92 valence electrons. The molecule has 0 amide bonds. The summed E-state index contributed by atoms with van der Waals surface area (Å²) in [6.07, 6.45) is 1.79. The fourth-order valence-corrected chi connectivity index (χ4v) is 1.95. The third kappa shape index (κ3) is 2.99. The van der Waals surface area contributed by atoms with Gasteiger partial charge in [0.25, 0.3) is 0 Å². The van der Waals surface area contributed by atoms with Gasteiger partial charge in [0.15, 0.2) is 6.29 Å². The van der Waals surface area contributed by atoms with Crippen molar-refractivity contribution in [2.45, 2.75) is 13.3 Å². The summed E-state index contributed by atoms with van der Waals surface area (Å²) in [6.45, 7) is 2.11. The molecule has 2 nitrogen and oxygen atoms in total. The number of carbonyl (C=O) groups is 1. The Labute approximate surface area is 115 Å². The van der Waals surface area contributed by atoms with Crippen molar-refractivity contribution < 1.29 is 9.53 Å². The molecular weight excluding hydrogens is 292 g/mol. The number of ether oxygens (including phenoxy) is 1. The molecule has 2 rings (SSSR count). The quantitative estimate of drug-likeness (QED) is 0.771. The molecule has 0 saturated heterocycles. The van der Waals surface area contributed by atoms with E-state index in [9.17, 15) is 4.79 Å². The number of aryl methyl sites for hydroxylation is 1. The van der Waals surface area contributed by atoms with Crippen LogP contribution in [0.1, 0.15) is 22.8 Å². The Morgan fingerprint density at radius 2 is 1.89 bits per heavy atom. The van der Waals surface area contributed by atoms with Crippen LogP contribution < -0.4 is 4.74 Å². The highest BCUT2D eigenvalue weighted by atomic mass is 79.9. The second-order valence-electron chi connectivity index (χ2n) is 3.90. The van der Waals surface area contributed by atoms with E-state index in [0.29, 0.717) is 11.3 Å². The van der Waals surface area contributed by atoms with Gasteiger partial charge in [-0.15, -0.1) is 0 Å². The lowest BCUT2D eigenvalue weighted by molar-refractivity contribution is 0.112. The predicted molar refractivity (Wildman–Crippen MR) is 75.4 cm³/mol. The lowest BCUT2D eigenvalue weighted by Gasteiger charge is -2.09. The maximum atomic E-state index is 10.9. The van der Waals surface area contributed by atoms with Crippen LogP contribution in [0.2, 0.25) is 0 Å². The van der Waals surface area contributed by atoms with Gasteiger partial charge in [0.1, 0.15) is 11.5 Å². The molecule has 0 aliphatic heterocycles. The summed E-state index contributed by atoms with van der Waals surface area (Å²) in [5.41, 5.74) is 1.80. The van der Waals surface area contributed by atoms with E-state index in [1.807, 2.05) is 30.3 Å². The van der Waals surface area contributed by atoms with E-state index in [0.717, 1.165) is 22.9 Å². The molecule has 0 aromatic heterocycles. The largest absolute Gasteiger partial charge is 0.457 e. The minimum absolute atomic E-state index is 0.540. The van der Waals surface area contributed by atoms with Crippen molar-refractivity contribution in [3.8, 4) is 11.5 Å². The van der Waals surface area contributed by atoms with Crippen molar-refractivity contribution in [1.29, 1.82) is 0 Å². The highest BCUT2D eigenvalue weighted by Gasteiger charge is 2.05. The second kappa shape index (κ2) is 5.83. The standard InChI is InChI=1S/C15H13BrO2/c1-2-11-3-7-14(8-4-11)18-15-9-13(16)6-5-12(15)10-17/h3-10H,2H2,1H3. The van der Waals surface area contributed by atoms with Gasteiger partial charge in [-0.25, -0.2) is 0 Å². The molecule has 0 fully saturated rings. The van der Waals surface area contributed by atoms with E-state index >= 15 is 0 Å². The lowest BCUT2D eigenvalue weighted by Crippen LogP contribution is -1.90. The fraction of sp³-hybridized carbons (Fsp3) is 0.133. The van der Waals surface area contributed by atoms with Crippen molar-refractivity contribution in [3.05, 3.63) is 58.1 Å². The first-order valence-corrected chi connectivity index (χ1v) is 6.53. The SMILES string of the molecule is CCc1ccc(Oc2cc(Br)ccc2C=O)cc1. The third-order valence-electron chi connectivity index (χ3n) is 2.66. The maximum absolute atomic E-state index is 10.9. The number of rotatable bonds is 4. The van der Waals surface area contributed by atoms with Gasteiger partial charge in [0.05, 0.1) is 5.56 Å². The summed E-state index contributed by atoms with van der Waals surface area (Å²) in [5.74, 6) is 1.29. The summed E-state index contributed by atoms with van der Waals surface area (Å²) in [5, 5.41) is 0. The zero-order chi connectivity index (χ0) is 13.0. The van der Waals surface area contributed by atoms with Crippen molar-refractivity contribution in [2.75, 3.05) is 0 Å². The molecule has 0 aliphatic carbocycles. The van der Waals surface area contributed by atoms with Gasteiger partial charge >= 0.3 is 0 Å². The summed E-state index contributed by atoms with van der Waals surface area (Å²) >= 11 is 3.37. The van der Waals surface area contributed by atoms with Gasteiger partial charge in [-0.2, -0.15) is 0 Å². The van der Waals surface area contributed by atoms with E-state index in [2.05, 4.69) is 22.9 Å². The first-order chi connectivity index (χ1) is 8.72. The van der Waals surface area contributed by atoms with Crippen LogP contribution >= 0.6 is 15.9 Å². The number of hydrogen-bond donors (Lipinski definition) is 0. The van der Waals surface area contributed by atoms with E-state index < -0.39 is 0 Å². The van der Waals surface area contributed by atoms with Crippen LogP contribution in [0.5, 0.6) is 11.5 Å². The number of hydrogen-bond acceptors (Lipinski definition) is 2. The van der Waals surface area contributed by atoms with Crippen molar-refractivity contribution in [3.63, 3.8) is 0 Å². The molecule has 0 heterocycles. The molecule has 0 saturated carbocycles. The maximum Gasteiger partial charge on any atom is 0.153 e. The summed E-state index contributed by atoms with van der Waals surface area (Å²) in [4.78, 5) is 10.9. The lowest BCUT2D eigenvalue weighted by atomic mass is 10.2. The van der Waals surface area contributed by atoms with Crippen LogP contribution in [-0.2, 0) is 6.42 Å². The summed E-state index contributed by atoms with van der Waals surface area (Å²) in [7, 11) is 0. The Morgan fingerprint density at radius 1 is 1.17 bits per heavy atom. The van der Waals surface area contributed by atoms with E-state index in [1.165, 1.54) is 5.56 Å². The topological polar surface area (TPSA) is 26.3 Å². The van der Waals surface area contributed by atoms with E-state index in [1.54, 1.807) is 12.1 Å². The monoisotopic (exact) mass is 304 g/mol.